The van der Waals surface area contributed by atoms with Crippen molar-refractivity contribution in [1.29, 1.82) is 0 Å². The molecule has 2 aliphatic carbocycles. The number of piperidine rings is 1. The summed E-state index contributed by atoms with van der Waals surface area (Å²) in [5, 5.41) is 26.6. The maximum absolute atomic E-state index is 13.9. The van der Waals surface area contributed by atoms with Gasteiger partial charge in [-0.05, 0) is 47.9 Å². The molecule has 14 heteroatoms. The molecule has 3 heterocycles. The van der Waals surface area contributed by atoms with Crippen molar-refractivity contribution in [3.05, 3.63) is 102 Å². The Morgan fingerprint density at radius 3 is 2.61 bits per heavy atom. The lowest BCUT2D eigenvalue weighted by Crippen LogP contribution is -2.53. The number of nitrogens with one attached hydrogen (secondary N) is 1. The summed E-state index contributed by atoms with van der Waals surface area (Å²) in [6, 6.07) is 6.49. The maximum Gasteiger partial charge on any atom is 0.279 e. The van der Waals surface area contributed by atoms with Crippen LogP contribution in [0, 0.1) is 27.2 Å². The number of nitrogens with zero attached hydrogens (tertiary/aromatic N) is 5. The van der Waals surface area contributed by atoms with E-state index in [0.717, 1.165) is 33.7 Å². The Morgan fingerprint density at radius 1 is 1.12 bits per heavy atom. The van der Waals surface area contributed by atoms with Crippen LogP contribution in [-0.4, -0.2) is 52.9 Å². The largest absolute Gasteiger partial charge is 0.355 e. The third-order valence-electron chi connectivity index (χ3n) is 8.10. The van der Waals surface area contributed by atoms with E-state index >= 15 is 0 Å². The second-order valence-electron chi connectivity index (χ2n) is 10.4. The Bertz CT molecular complexity index is 1770. The van der Waals surface area contributed by atoms with Crippen LogP contribution in [-0.2, 0) is 10.0 Å². The normalized spacial score (nSPS) is 22.9. The molecule has 3 aromatic rings. The van der Waals surface area contributed by atoms with E-state index < -0.39 is 54.4 Å². The van der Waals surface area contributed by atoms with Crippen LogP contribution in [0.5, 0.6) is 0 Å². The van der Waals surface area contributed by atoms with Crippen LogP contribution in [0.4, 0.5) is 5.82 Å². The van der Waals surface area contributed by atoms with Gasteiger partial charge in [0.25, 0.3) is 11.2 Å². The van der Waals surface area contributed by atoms with E-state index in [1.54, 1.807) is 47.8 Å². The summed E-state index contributed by atoms with van der Waals surface area (Å²) in [4.78, 5) is 33.7. The van der Waals surface area contributed by atoms with Crippen molar-refractivity contribution in [3.8, 4) is 0 Å². The van der Waals surface area contributed by atoms with Gasteiger partial charge in [-0.15, -0.1) is 11.3 Å². The lowest BCUT2D eigenvalue weighted by molar-refractivity contribution is -0.565. The standard InChI is InChI=1S/C27H26N6O6S2/c1-17-15-40-25-24(17)28-16-29-26(25)31-12-10-19(11-13-31)30-41(38,39)23-9-7-20(32(34)35)14-27(23,33(36)37)22-8-6-18-4-2-3-5-21(18)22/h2-9,15-16,19,22,30H,10-14H2,1H3. The van der Waals surface area contributed by atoms with Crippen LogP contribution in [0.25, 0.3) is 16.3 Å². The predicted octanol–water partition coefficient (Wildman–Crippen LogP) is 4.16. The van der Waals surface area contributed by atoms with Gasteiger partial charge in [0.15, 0.2) is 0 Å². The number of aromatic nitrogens is 2. The third-order valence-corrected chi connectivity index (χ3v) is 10.9. The zero-order chi connectivity index (χ0) is 28.9. The van der Waals surface area contributed by atoms with Crippen LogP contribution in [0.2, 0.25) is 0 Å². The van der Waals surface area contributed by atoms with Gasteiger partial charge in [-0.3, -0.25) is 20.2 Å². The Morgan fingerprint density at radius 2 is 1.88 bits per heavy atom. The van der Waals surface area contributed by atoms with Gasteiger partial charge in [0.2, 0.25) is 10.0 Å². The highest BCUT2D eigenvalue weighted by molar-refractivity contribution is 7.93. The second-order valence-corrected chi connectivity index (χ2v) is 13.0. The molecule has 12 nitrogen and oxygen atoms in total. The number of anilines is 1. The second kappa shape index (κ2) is 10.1. The summed E-state index contributed by atoms with van der Waals surface area (Å²) >= 11 is 1.57. The molecule has 2 aromatic heterocycles. The van der Waals surface area contributed by atoms with E-state index in [1.165, 1.54) is 6.33 Å². The first-order valence-electron chi connectivity index (χ1n) is 13.1. The summed E-state index contributed by atoms with van der Waals surface area (Å²) in [5.41, 5.74) is 0.548. The molecule has 0 amide bonds. The molecule has 0 bridgehead atoms. The highest BCUT2D eigenvalue weighted by Crippen LogP contribution is 2.49. The van der Waals surface area contributed by atoms with Gasteiger partial charge >= 0.3 is 0 Å². The van der Waals surface area contributed by atoms with Gasteiger partial charge in [0, 0.05) is 30.1 Å². The van der Waals surface area contributed by atoms with Crippen molar-refractivity contribution in [2.75, 3.05) is 18.0 Å². The van der Waals surface area contributed by atoms with Gasteiger partial charge in [0.1, 0.15) is 23.5 Å². The Hall–Kier alpha value is -4.01. The van der Waals surface area contributed by atoms with E-state index in [0.29, 0.717) is 37.1 Å². The molecule has 1 saturated heterocycles. The first-order chi connectivity index (χ1) is 19.6. The SMILES string of the molecule is Cc1csc2c(N3CCC(NS(=O)(=O)C4=CC=C([N+](=O)[O-])CC4(C4C=Cc5ccccc54)[N+](=O)[O-])CC3)ncnc12. The van der Waals surface area contributed by atoms with E-state index in [9.17, 15) is 28.6 Å². The van der Waals surface area contributed by atoms with Crippen molar-refractivity contribution in [2.24, 2.45) is 0 Å². The number of nitro groups is 2. The highest BCUT2D eigenvalue weighted by atomic mass is 32.2. The van der Waals surface area contributed by atoms with Crippen molar-refractivity contribution in [2.45, 2.75) is 43.7 Å². The fourth-order valence-electron chi connectivity index (χ4n) is 6.06. The van der Waals surface area contributed by atoms with E-state index in [2.05, 4.69) is 19.6 Å². The first-order valence-corrected chi connectivity index (χ1v) is 15.4. The molecule has 212 valence electrons. The number of allylic oxidation sites excluding steroid dienone is 2. The molecule has 1 N–H and O–H groups in total. The minimum Gasteiger partial charge on any atom is -0.355 e. The molecule has 6 rings (SSSR count). The summed E-state index contributed by atoms with van der Waals surface area (Å²) in [5.74, 6) is -0.197. The molecule has 41 heavy (non-hydrogen) atoms. The average molecular weight is 595 g/mol. The summed E-state index contributed by atoms with van der Waals surface area (Å²) in [6.07, 6.45) is 7.15. The smallest absolute Gasteiger partial charge is 0.279 e. The average Bonchev–Trinajstić information content (AvgIpc) is 3.57. The molecular formula is C27H26N6O6S2. The molecule has 0 saturated carbocycles. The quantitative estimate of drug-likeness (QED) is 0.313. The van der Waals surface area contributed by atoms with Crippen LogP contribution in [0.3, 0.4) is 0 Å². The third kappa shape index (κ3) is 4.51. The fraction of sp³-hybridized carbons (Fsp3) is 0.333. The molecule has 2 unspecified atom stereocenters. The number of rotatable bonds is 7. The lowest BCUT2D eigenvalue weighted by Gasteiger charge is -2.36. The van der Waals surface area contributed by atoms with E-state index in [-0.39, 0.29) is 0 Å². The van der Waals surface area contributed by atoms with Crippen molar-refractivity contribution < 1.29 is 18.3 Å². The Labute approximate surface area is 239 Å². The number of hydrogen-bond acceptors (Lipinski definition) is 10. The number of sulfonamides is 1. The predicted molar refractivity (Wildman–Crippen MR) is 155 cm³/mol. The first kappa shape index (κ1) is 27.2. The van der Waals surface area contributed by atoms with Crippen molar-refractivity contribution in [1.82, 2.24) is 14.7 Å². The van der Waals surface area contributed by atoms with Crippen LogP contribution < -0.4 is 9.62 Å². The zero-order valence-electron chi connectivity index (χ0n) is 22.0. The maximum atomic E-state index is 13.9. The highest BCUT2D eigenvalue weighted by Gasteiger charge is 2.62. The van der Waals surface area contributed by atoms with Crippen LogP contribution in [0.1, 0.15) is 41.9 Å². The molecular weight excluding hydrogens is 568 g/mol. The van der Waals surface area contributed by atoms with Gasteiger partial charge in [-0.25, -0.2) is 23.1 Å². The fourth-order valence-corrected chi connectivity index (χ4v) is 8.86. The molecule has 1 fully saturated rings. The van der Waals surface area contributed by atoms with Gasteiger partial charge in [0.05, 0.1) is 21.1 Å². The molecule has 3 aliphatic rings. The number of fused-ring (bicyclic) bond motifs is 2. The van der Waals surface area contributed by atoms with Crippen LogP contribution >= 0.6 is 11.3 Å². The number of benzene rings is 1. The summed E-state index contributed by atoms with van der Waals surface area (Å²) < 4.78 is 31.5. The molecule has 1 aromatic carbocycles. The van der Waals surface area contributed by atoms with E-state index in [4.69, 9.17) is 0 Å². The lowest BCUT2D eigenvalue weighted by atomic mass is 9.75. The van der Waals surface area contributed by atoms with Crippen molar-refractivity contribution >= 4 is 43.5 Å². The molecule has 0 radical (unpaired) electrons. The van der Waals surface area contributed by atoms with E-state index in [1.807, 2.05) is 12.3 Å². The molecule has 0 spiro atoms. The number of hydrogen-bond donors (Lipinski definition) is 1. The van der Waals surface area contributed by atoms with Gasteiger partial charge < -0.3 is 4.90 Å². The van der Waals surface area contributed by atoms with Gasteiger partial charge in [-0.1, -0.05) is 36.4 Å². The minimum atomic E-state index is -4.41. The number of thiophene rings is 1. The number of aryl methyl sites for hydroxylation is 1. The topological polar surface area (TPSA) is 161 Å². The summed E-state index contributed by atoms with van der Waals surface area (Å²) in [6.45, 7) is 3.05. The monoisotopic (exact) mass is 594 g/mol. The Balaban J connectivity index is 1.29. The summed E-state index contributed by atoms with van der Waals surface area (Å²) in [7, 11) is -4.41. The minimum absolute atomic E-state index is 0.410. The van der Waals surface area contributed by atoms with Gasteiger partial charge in [-0.2, -0.15) is 0 Å². The molecule has 1 aliphatic heterocycles. The zero-order valence-corrected chi connectivity index (χ0v) is 23.6. The Kier molecular flexibility index (Phi) is 6.71. The molecule has 2 atom stereocenters. The van der Waals surface area contributed by atoms with Crippen LogP contribution in [0.15, 0.2) is 64.8 Å². The van der Waals surface area contributed by atoms with Crippen molar-refractivity contribution in [3.63, 3.8) is 0 Å².